The number of aromatic amines is 1. The molecule has 0 aliphatic carbocycles. The van der Waals surface area contributed by atoms with Gasteiger partial charge in [-0.2, -0.15) is 5.10 Å². The van der Waals surface area contributed by atoms with E-state index in [2.05, 4.69) is 20.7 Å². The van der Waals surface area contributed by atoms with E-state index in [0.29, 0.717) is 17.5 Å². The van der Waals surface area contributed by atoms with Crippen molar-refractivity contribution in [1.29, 1.82) is 0 Å². The van der Waals surface area contributed by atoms with E-state index in [1.807, 2.05) is 6.92 Å². The zero-order chi connectivity index (χ0) is 18.4. The summed E-state index contributed by atoms with van der Waals surface area (Å²) in [6.07, 6.45) is 3.65. The molecule has 0 saturated carbocycles. The fraction of sp³-hybridized carbons (Fsp3) is 0.278. The van der Waals surface area contributed by atoms with Crippen LogP contribution in [0.1, 0.15) is 22.9 Å². The maximum atomic E-state index is 13.3. The van der Waals surface area contributed by atoms with Gasteiger partial charge in [-0.05, 0) is 30.7 Å². The zero-order valence-corrected chi connectivity index (χ0v) is 14.3. The van der Waals surface area contributed by atoms with Crippen LogP contribution in [-0.4, -0.2) is 32.6 Å². The maximum Gasteiger partial charge on any atom is 0.248 e. The van der Waals surface area contributed by atoms with Crippen LogP contribution < -0.4 is 10.6 Å². The SMILES string of the molecule is Cc1c(C2NC(=O)C(Cc3c[nH]c4cc(F)ccc34)NC2=O)cnn1C. The molecule has 134 valence electrons. The standard InChI is InChI=1S/C18H18FN5O2/c1-9-13(8-21-24(9)2)16-18(26)22-15(17(25)23-16)5-10-7-20-14-6-11(19)3-4-12(10)14/h3-4,6-8,15-16,20H,5H2,1-2H3,(H,22,26)(H,23,25). The highest BCUT2D eigenvalue weighted by Crippen LogP contribution is 2.23. The molecule has 0 spiro atoms. The smallest absolute Gasteiger partial charge is 0.248 e. The number of carbonyl (C=O) groups is 2. The Morgan fingerprint density at radius 2 is 2.04 bits per heavy atom. The number of piperazine rings is 1. The fourth-order valence-corrected chi connectivity index (χ4v) is 3.34. The molecule has 2 unspecified atom stereocenters. The molecule has 26 heavy (non-hydrogen) atoms. The number of amides is 2. The number of H-pyrrole nitrogens is 1. The summed E-state index contributed by atoms with van der Waals surface area (Å²) in [5, 5.41) is 10.5. The Morgan fingerprint density at radius 1 is 1.23 bits per heavy atom. The number of nitrogens with one attached hydrogen (secondary N) is 3. The Kier molecular flexibility index (Phi) is 3.75. The first-order valence-corrected chi connectivity index (χ1v) is 8.29. The third kappa shape index (κ3) is 2.63. The molecular formula is C18H18FN5O2. The van der Waals surface area contributed by atoms with Gasteiger partial charge in [0.05, 0.1) is 6.20 Å². The minimum Gasteiger partial charge on any atom is -0.361 e. The lowest BCUT2D eigenvalue weighted by atomic mass is 9.98. The van der Waals surface area contributed by atoms with Crippen LogP contribution in [0.15, 0.2) is 30.6 Å². The molecule has 7 nitrogen and oxygen atoms in total. The quantitative estimate of drug-likeness (QED) is 0.660. The van der Waals surface area contributed by atoms with E-state index in [-0.39, 0.29) is 17.6 Å². The lowest BCUT2D eigenvalue weighted by molar-refractivity contribution is -0.136. The van der Waals surface area contributed by atoms with Gasteiger partial charge in [0.2, 0.25) is 11.8 Å². The number of fused-ring (bicyclic) bond motifs is 1. The van der Waals surface area contributed by atoms with E-state index in [0.717, 1.165) is 16.6 Å². The van der Waals surface area contributed by atoms with Gasteiger partial charge < -0.3 is 15.6 Å². The number of aryl methyl sites for hydroxylation is 1. The molecule has 0 bridgehead atoms. The highest BCUT2D eigenvalue weighted by molar-refractivity contribution is 5.98. The zero-order valence-electron chi connectivity index (χ0n) is 14.3. The van der Waals surface area contributed by atoms with Gasteiger partial charge in [0.1, 0.15) is 17.9 Å². The Morgan fingerprint density at radius 3 is 2.77 bits per heavy atom. The Bertz CT molecular complexity index is 1020. The minimum atomic E-state index is -0.746. The van der Waals surface area contributed by atoms with E-state index < -0.39 is 12.1 Å². The second-order valence-corrected chi connectivity index (χ2v) is 6.52. The van der Waals surface area contributed by atoms with Crippen molar-refractivity contribution in [3.63, 3.8) is 0 Å². The largest absolute Gasteiger partial charge is 0.361 e. The van der Waals surface area contributed by atoms with Crippen LogP contribution in [0, 0.1) is 12.7 Å². The van der Waals surface area contributed by atoms with Crippen LogP contribution in [0.3, 0.4) is 0 Å². The van der Waals surface area contributed by atoms with Gasteiger partial charge >= 0.3 is 0 Å². The van der Waals surface area contributed by atoms with E-state index in [4.69, 9.17) is 0 Å². The number of nitrogens with zero attached hydrogens (tertiary/aromatic N) is 2. The predicted octanol–water partition coefficient (Wildman–Crippen LogP) is 1.25. The number of benzene rings is 1. The second-order valence-electron chi connectivity index (χ2n) is 6.52. The molecule has 1 aliphatic heterocycles. The predicted molar refractivity (Wildman–Crippen MR) is 92.7 cm³/mol. The van der Waals surface area contributed by atoms with Crippen LogP contribution >= 0.6 is 0 Å². The van der Waals surface area contributed by atoms with Gasteiger partial charge in [-0.3, -0.25) is 14.3 Å². The van der Waals surface area contributed by atoms with Crippen molar-refractivity contribution in [3.05, 3.63) is 53.2 Å². The van der Waals surface area contributed by atoms with Crippen molar-refractivity contribution in [1.82, 2.24) is 25.4 Å². The normalized spacial score (nSPS) is 20.3. The molecule has 3 heterocycles. The molecule has 0 radical (unpaired) electrons. The van der Waals surface area contributed by atoms with Crippen molar-refractivity contribution in [2.75, 3.05) is 0 Å². The van der Waals surface area contributed by atoms with Gasteiger partial charge in [0.25, 0.3) is 0 Å². The summed E-state index contributed by atoms with van der Waals surface area (Å²) in [6.45, 7) is 1.85. The molecule has 3 N–H and O–H groups in total. The average Bonchev–Trinajstić information content (AvgIpc) is 3.15. The van der Waals surface area contributed by atoms with Gasteiger partial charge in [-0.25, -0.2) is 4.39 Å². The Balaban J connectivity index is 1.55. The molecular weight excluding hydrogens is 337 g/mol. The summed E-state index contributed by atoms with van der Waals surface area (Å²) in [5.74, 6) is -0.852. The van der Waals surface area contributed by atoms with Gasteiger partial charge in [0.15, 0.2) is 0 Å². The van der Waals surface area contributed by atoms with Crippen molar-refractivity contribution in [2.24, 2.45) is 7.05 Å². The molecule has 2 aromatic heterocycles. The summed E-state index contributed by atoms with van der Waals surface area (Å²) in [6, 6.07) is 3.02. The average molecular weight is 355 g/mol. The van der Waals surface area contributed by atoms with E-state index in [1.165, 1.54) is 12.1 Å². The first kappa shape index (κ1) is 16.3. The first-order chi connectivity index (χ1) is 12.4. The van der Waals surface area contributed by atoms with Crippen molar-refractivity contribution < 1.29 is 14.0 Å². The molecule has 4 rings (SSSR count). The highest BCUT2D eigenvalue weighted by Gasteiger charge is 2.36. The molecule has 2 amide bonds. The Labute approximate surface area is 148 Å². The Hall–Kier alpha value is -3.16. The maximum absolute atomic E-state index is 13.3. The van der Waals surface area contributed by atoms with Crippen LogP contribution in [0.2, 0.25) is 0 Å². The summed E-state index contributed by atoms with van der Waals surface area (Å²) >= 11 is 0. The minimum absolute atomic E-state index is 0.255. The van der Waals surface area contributed by atoms with Crippen LogP contribution in [0.4, 0.5) is 4.39 Å². The summed E-state index contributed by atoms with van der Waals surface area (Å²) in [4.78, 5) is 28.1. The lowest BCUT2D eigenvalue weighted by Crippen LogP contribution is -2.58. The molecule has 1 fully saturated rings. The molecule has 3 aromatic rings. The third-order valence-electron chi connectivity index (χ3n) is 4.92. The highest BCUT2D eigenvalue weighted by atomic mass is 19.1. The second kappa shape index (κ2) is 5.98. The molecule has 1 aliphatic rings. The topological polar surface area (TPSA) is 91.8 Å². The van der Waals surface area contributed by atoms with Crippen molar-refractivity contribution in [3.8, 4) is 0 Å². The molecule has 8 heteroatoms. The summed E-state index contributed by atoms with van der Waals surface area (Å²) in [7, 11) is 1.78. The first-order valence-electron chi connectivity index (χ1n) is 8.29. The number of carbonyl (C=O) groups excluding carboxylic acids is 2. The molecule has 1 aromatic carbocycles. The number of hydrogen-bond donors (Lipinski definition) is 3. The van der Waals surface area contributed by atoms with Crippen LogP contribution in [0.5, 0.6) is 0 Å². The lowest BCUT2D eigenvalue weighted by Gasteiger charge is -2.29. The van der Waals surface area contributed by atoms with Crippen molar-refractivity contribution >= 4 is 22.7 Å². The fourth-order valence-electron chi connectivity index (χ4n) is 3.34. The molecule has 1 saturated heterocycles. The van der Waals surface area contributed by atoms with Gasteiger partial charge in [-0.15, -0.1) is 0 Å². The van der Waals surface area contributed by atoms with Gasteiger partial charge in [-0.1, -0.05) is 0 Å². The van der Waals surface area contributed by atoms with Crippen molar-refractivity contribution in [2.45, 2.75) is 25.4 Å². The number of rotatable bonds is 3. The molecule has 2 atom stereocenters. The van der Waals surface area contributed by atoms with Crippen LogP contribution in [0.25, 0.3) is 10.9 Å². The van der Waals surface area contributed by atoms with E-state index in [1.54, 1.807) is 30.2 Å². The number of halogens is 1. The van der Waals surface area contributed by atoms with E-state index >= 15 is 0 Å². The van der Waals surface area contributed by atoms with E-state index in [9.17, 15) is 14.0 Å². The number of aromatic nitrogens is 3. The summed E-state index contributed by atoms with van der Waals surface area (Å²) in [5.41, 5.74) is 3.00. The van der Waals surface area contributed by atoms with Gasteiger partial charge in [0, 0.05) is 41.8 Å². The number of hydrogen-bond acceptors (Lipinski definition) is 3. The monoisotopic (exact) mass is 355 g/mol. The summed E-state index contributed by atoms with van der Waals surface area (Å²) < 4.78 is 15.0. The van der Waals surface area contributed by atoms with Crippen LogP contribution in [-0.2, 0) is 23.1 Å². The third-order valence-corrected chi connectivity index (χ3v) is 4.92.